The number of nitrogens with zero attached hydrogens (tertiary/aromatic N) is 2. The molecule has 118 valence electrons. The second-order valence-corrected chi connectivity index (χ2v) is 5.42. The first-order valence-corrected chi connectivity index (χ1v) is 7.24. The summed E-state index contributed by atoms with van der Waals surface area (Å²) in [6.07, 6.45) is -1.42. The fraction of sp³-hybridized carbons (Fsp3) is 0.500. The molecule has 0 spiro atoms. The van der Waals surface area contributed by atoms with Crippen molar-refractivity contribution < 1.29 is 18.0 Å². The van der Waals surface area contributed by atoms with Crippen molar-refractivity contribution in [2.45, 2.75) is 44.3 Å². The third-order valence-corrected chi connectivity index (χ3v) is 3.68. The summed E-state index contributed by atoms with van der Waals surface area (Å²) >= 11 is 0. The molecular weight excluding hydrogens is 293 g/mol. The number of halogens is 3. The van der Waals surface area contributed by atoms with Gasteiger partial charge in [0.05, 0.1) is 18.1 Å². The van der Waals surface area contributed by atoms with Crippen LogP contribution in [0.2, 0.25) is 0 Å². The molecule has 2 rings (SSSR count). The van der Waals surface area contributed by atoms with Crippen LogP contribution in [0, 0.1) is 11.3 Å². The van der Waals surface area contributed by atoms with Gasteiger partial charge >= 0.3 is 6.18 Å². The zero-order chi connectivity index (χ0) is 16.2. The minimum atomic E-state index is -4.34. The molecule has 0 aliphatic heterocycles. The van der Waals surface area contributed by atoms with Gasteiger partial charge in [0.15, 0.2) is 0 Å². The van der Waals surface area contributed by atoms with Crippen LogP contribution in [0.25, 0.3) is 0 Å². The fourth-order valence-electron chi connectivity index (χ4n) is 2.32. The van der Waals surface area contributed by atoms with Crippen LogP contribution in [-0.4, -0.2) is 23.4 Å². The van der Waals surface area contributed by atoms with Gasteiger partial charge in [0.1, 0.15) is 0 Å². The van der Waals surface area contributed by atoms with Gasteiger partial charge in [0.25, 0.3) is 0 Å². The average Bonchev–Trinajstić information content (AvgIpc) is 3.30. The summed E-state index contributed by atoms with van der Waals surface area (Å²) in [6, 6.07) is 7.16. The van der Waals surface area contributed by atoms with Crippen LogP contribution in [0.4, 0.5) is 13.2 Å². The third-order valence-electron chi connectivity index (χ3n) is 3.68. The van der Waals surface area contributed by atoms with E-state index in [9.17, 15) is 18.0 Å². The lowest BCUT2D eigenvalue weighted by molar-refractivity contribution is -0.137. The SMILES string of the molecule is N#CCCN(C(=O)CCc1ccc(C(F)(F)F)cc1)C1CC1. The average molecular weight is 310 g/mol. The van der Waals surface area contributed by atoms with E-state index in [0.29, 0.717) is 24.9 Å². The molecule has 0 heterocycles. The molecule has 1 amide bonds. The summed E-state index contributed by atoms with van der Waals surface area (Å²) in [5.74, 6) is -0.0300. The maximum Gasteiger partial charge on any atom is 0.416 e. The van der Waals surface area contributed by atoms with Crippen LogP contribution >= 0.6 is 0 Å². The molecule has 0 N–H and O–H groups in total. The number of benzene rings is 1. The van der Waals surface area contributed by atoms with E-state index >= 15 is 0 Å². The first-order valence-electron chi connectivity index (χ1n) is 7.24. The van der Waals surface area contributed by atoms with E-state index in [1.165, 1.54) is 12.1 Å². The Morgan fingerprint density at radius 1 is 1.27 bits per heavy atom. The number of hydrogen-bond acceptors (Lipinski definition) is 2. The standard InChI is InChI=1S/C16H17F3N2O/c17-16(18,19)13-5-2-12(3-6-13)4-9-15(22)21(11-1-10-20)14-7-8-14/h2-3,5-6,14H,1,4,7-9,11H2. The predicted octanol–water partition coefficient (Wildman–Crippen LogP) is 3.54. The monoisotopic (exact) mass is 310 g/mol. The number of rotatable bonds is 6. The Bertz CT molecular complexity index is 556. The van der Waals surface area contributed by atoms with Crippen LogP contribution in [0.5, 0.6) is 0 Å². The molecule has 0 bridgehead atoms. The summed E-state index contributed by atoms with van der Waals surface area (Å²) < 4.78 is 37.4. The first-order chi connectivity index (χ1) is 10.4. The molecule has 1 aliphatic carbocycles. The Labute approximate surface area is 127 Å². The first kappa shape index (κ1) is 16.3. The number of carbonyl (C=O) groups excluding carboxylic acids is 1. The van der Waals surface area contributed by atoms with E-state index in [1.54, 1.807) is 4.90 Å². The summed E-state index contributed by atoms with van der Waals surface area (Å²) in [5, 5.41) is 8.62. The molecule has 6 heteroatoms. The highest BCUT2D eigenvalue weighted by Crippen LogP contribution is 2.30. The zero-order valence-electron chi connectivity index (χ0n) is 12.1. The van der Waals surface area contributed by atoms with Crippen molar-refractivity contribution in [3.63, 3.8) is 0 Å². The van der Waals surface area contributed by atoms with Gasteiger partial charge in [0.2, 0.25) is 5.91 Å². The Morgan fingerprint density at radius 3 is 2.41 bits per heavy atom. The minimum absolute atomic E-state index is 0.0300. The second-order valence-electron chi connectivity index (χ2n) is 5.42. The van der Waals surface area contributed by atoms with Gasteiger partial charge < -0.3 is 4.90 Å². The van der Waals surface area contributed by atoms with Crippen molar-refractivity contribution >= 4 is 5.91 Å². The maximum atomic E-state index is 12.5. The topological polar surface area (TPSA) is 44.1 Å². The van der Waals surface area contributed by atoms with Crippen LogP contribution in [-0.2, 0) is 17.4 Å². The molecule has 0 atom stereocenters. The summed E-state index contributed by atoms with van der Waals surface area (Å²) in [4.78, 5) is 13.9. The molecule has 1 aromatic carbocycles. The Balaban J connectivity index is 1.88. The fourth-order valence-corrected chi connectivity index (χ4v) is 2.32. The number of amides is 1. The van der Waals surface area contributed by atoms with Crippen molar-refractivity contribution in [1.82, 2.24) is 4.90 Å². The molecule has 0 unspecified atom stereocenters. The van der Waals surface area contributed by atoms with E-state index in [2.05, 4.69) is 0 Å². The summed E-state index contributed by atoms with van der Waals surface area (Å²) in [7, 11) is 0. The predicted molar refractivity (Wildman–Crippen MR) is 74.7 cm³/mol. The Morgan fingerprint density at radius 2 is 1.91 bits per heavy atom. The van der Waals surface area contributed by atoms with E-state index in [4.69, 9.17) is 5.26 Å². The maximum absolute atomic E-state index is 12.5. The molecule has 0 aromatic heterocycles. The number of hydrogen-bond donors (Lipinski definition) is 0. The van der Waals surface area contributed by atoms with Gasteiger partial charge in [-0.1, -0.05) is 12.1 Å². The lowest BCUT2D eigenvalue weighted by Crippen LogP contribution is -2.34. The van der Waals surface area contributed by atoms with E-state index in [1.807, 2.05) is 6.07 Å². The van der Waals surface area contributed by atoms with Gasteiger partial charge in [-0.3, -0.25) is 4.79 Å². The molecular formula is C16H17F3N2O. The van der Waals surface area contributed by atoms with E-state index in [-0.39, 0.29) is 18.4 Å². The largest absolute Gasteiger partial charge is 0.416 e. The summed E-state index contributed by atoms with van der Waals surface area (Å²) in [5.41, 5.74) is 0.0218. The molecule has 1 aliphatic rings. The van der Waals surface area contributed by atoms with Crippen molar-refractivity contribution in [2.24, 2.45) is 0 Å². The molecule has 3 nitrogen and oxygen atoms in total. The molecule has 22 heavy (non-hydrogen) atoms. The number of alkyl halides is 3. The van der Waals surface area contributed by atoms with E-state index < -0.39 is 11.7 Å². The molecule has 1 aromatic rings. The van der Waals surface area contributed by atoms with Crippen LogP contribution in [0.15, 0.2) is 24.3 Å². The Kier molecular flexibility index (Phi) is 5.07. The molecule has 0 saturated heterocycles. The summed E-state index contributed by atoms with van der Waals surface area (Å²) in [6.45, 7) is 0.438. The quantitative estimate of drug-likeness (QED) is 0.806. The van der Waals surface area contributed by atoms with Crippen LogP contribution < -0.4 is 0 Å². The zero-order valence-corrected chi connectivity index (χ0v) is 12.1. The number of aryl methyl sites for hydroxylation is 1. The van der Waals surface area contributed by atoms with Crippen molar-refractivity contribution in [1.29, 1.82) is 5.26 Å². The van der Waals surface area contributed by atoms with Gasteiger partial charge in [-0.25, -0.2) is 0 Å². The molecule has 1 fully saturated rings. The van der Waals surface area contributed by atoms with Gasteiger partial charge in [0, 0.05) is 19.0 Å². The van der Waals surface area contributed by atoms with E-state index in [0.717, 1.165) is 25.0 Å². The van der Waals surface area contributed by atoms with Crippen molar-refractivity contribution in [3.05, 3.63) is 35.4 Å². The van der Waals surface area contributed by atoms with Crippen LogP contribution in [0.1, 0.15) is 36.8 Å². The van der Waals surface area contributed by atoms with Gasteiger partial charge in [-0.15, -0.1) is 0 Å². The highest BCUT2D eigenvalue weighted by Gasteiger charge is 2.32. The van der Waals surface area contributed by atoms with Gasteiger partial charge in [-0.2, -0.15) is 18.4 Å². The third kappa shape index (κ3) is 4.48. The van der Waals surface area contributed by atoms with Crippen molar-refractivity contribution in [3.8, 4) is 6.07 Å². The highest BCUT2D eigenvalue weighted by molar-refractivity contribution is 5.77. The molecule has 0 radical (unpaired) electrons. The highest BCUT2D eigenvalue weighted by atomic mass is 19.4. The van der Waals surface area contributed by atoms with Gasteiger partial charge in [-0.05, 0) is 37.0 Å². The number of nitriles is 1. The smallest absolute Gasteiger partial charge is 0.339 e. The number of carbonyl (C=O) groups is 1. The van der Waals surface area contributed by atoms with Crippen molar-refractivity contribution in [2.75, 3.05) is 6.54 Å². The minimum Gasteiger partial charge on any atom is -0.339 e. The second kappa shape index (κ2) is 6.82. The lowest BCUT2D eigenvalue weighted by atomic mass is 10.1. The Hall–Kier alpha value is -2.03. The lowest BCUT2D eigenvalue weighted by Gasteiger charge is -2.21. The van der Waals surface area contributed by atoms with Crippen LogP contribution in [0.3, 0.4) is 0 Å². The normalized spacial score (nSPS) is 14.5. The molecule has 1 saturated carbocycles.